The molecule has 1 heterocycles. The van der Waals surface area contributed by atoms with Crippen molar-refractivity contribution >= 4 is 47.2 Å². The third kappa shape index (κ3) is 5.30. The molecule has 0 saturated carbocycles. The number of benzene rings is 2. The first-order valence-electron chi connectivity index (χ1n) is 8.52. The van der Waals surface area contributed by atoms with Crippen molar-refractivity contribution in [2.75, 3.05) is 25.5 Å². The maximum Gasteiger partial charge on any atom is 0.193 e. The van der Waals surface area contributed by atoms with Crippen molar-refractivity contribution in [3.63, 3.8) is 0 Å². The Morgan fingerprint density at radius 3 is 2.68 bits per heavy atom. The van der Waals surface area contributed by atoms with Crippen LogP contribution in [-0.2, 0) is 0 Å². The summed E-state index contributed by atoms with van der Waals surface area (Å²) in [4.78, 5) is 6.39. The Labute approximate surface area is 184 Å². The third-order valence-corrected chi connectivity index (χ3v) is 5.05. The van der Waals surface area contributed by atoms with Gasteiger partial charge in [0, 0.05) is 18.7 Å². The van der Waals surface area contributed by atoms with Crippen LogP contribution in [0.5, 0.6) is 0 Å². The van der Waals surface area contributed by atoms with E-state index in [9.17, 15) is 13.2 Å². The highest BCUT2D eigenvalue weighted by Crippen LogP contribution is 2.37. The van der Waals surface area contributed by atoms with Crippen LogP contribution in [0.4, 0.5) is 18.9 Å². The Morgan fingerprint density at radius 2 is 1.96 bits per heavy atom. The van der Waals surface area contributed by atoms with Crippen molar-refractivity contribution in [3.05, 3.63) is 64.4 Å². The Morgan fingerprint density at radius 1 is 1.21 bits per heavy atom. The minimum atomic E-state index is -0.621. The van der Waals surface area contributed by atoms with E-state index < -0.39 is 17.5 Å². The van der Waals surface area contributed by atoms with Crippen LogP contribution in [0.3, 0.4) is 0 Å². The normalized spacial score (nSPS) is 20.1. The molecule has 9 heteroatoms. The van der Waals surface area contributed by atoms with E-state index in [1.165, 1.54) is 6.07 Å². The molecule has 152 valence electrons. The second-order valence-corrected chi connectivity index (χ2v) is 7.03. The Kier molecular flexibility index (Phi) is 7.97. The molecule has 0 amide bonds. The fraction of sp³-hybridized carbons (Fsp3) is 0.316. The van der Waals surface area contributed by atoms with Crippen LogP contribution in [0, 0.1) is 23.4 Å². The number of nitrogens with zero attached hydrogens (tertiary/aromatic N) is 2. The second kappa shape index (κ2) is 9.80. The number of rotatable bonds is 4. The average molecular weight is 525 g/mol. The van der Waals surface area contributed by atoms with Crippen molar-refractivity contribution in [1.82, 2.24) is 4.90 Å². The fourth-order valence-electron chi connectivity index (χ4n) is 3.43. The highest BCUT2D eigenvalue weighted by molar-refractivity contribution is 14.0. The van der Waals surface area contributed by atoms with Crippen LogP contribution < -0.4 is 11.1 Å². The van der Waals surface area contributed by atoms with Crippen LogP contribution in [-0.4, -0.2) is 31.0 Å². The first-order chi connectivity index (χ1) is 12.8. The summed E-state index contributed by atoms with van der Waals surface area (Å²) < 4.78 is 40.8. The van der Waals surface area contributed by atoms with Gasteiger partial charge in [0.25, 0.3) is 0 Å². The first-order valence-corrected chi connectivity index (χ1v) is 8.90. The Hall–Kier alpha value is -1.52. The minimum absolute atomic E-state index is 0. The zero-order valence-electron chi connectivity index (χ0n) is 15.1. The molecule has 0 aromatic heterocycles. The van der Waals surface area contributed by atoms with Gasteiger partial charge in [0.1, 0.15) is 17.5 Å². The van der Waals surface area contributed by atoms with E-state index in [1.54, 1.807) is 12.1 Å². The van der Waals surface area contributed by atoms with Gasteiger partial charge in [0.05, 0.1) is 10.7 Å². The maximum absolute atomic E-state index is 13.8. The van der Waals surface area contributed by atoms with E-state index in [4.69, 9.17) is 17.3 Å². The molecule has 3 N–H and O–H groups in total. The molecule has 4 nitrogen and oxygen atoms in total. The summed E-state index contributed by atoms with van der Waals surface area (Å²) in [7, 11) is 1.96. The summed E-state index contributed by atoms with van der Waals surface area (Å²) in [5, 5.41) is 2.66. The van der Waals surface area contributed by atoms with E-state index >= 15 is 0 Å². The molecule has 0 bridgehead atoms. The van der Waals surface area contributed by atoms with Gasteiger partial charge in [-0.05, 0) is 55.8 Å². The highest BCUT2D eigenvalue weighted by Gasteiger charge is 2.33. The van der Waals surface area contributed by atoms with Crippen LogP contribution in [0.15, 0.2) is 41.4 Å². The van der Waals surface area contributed by atoms with Gasteiger partial charge in [0.2, 0.25) is 0 Å². The fourth-order valence-corrected chi connectivity index (χ4v) is 3.54. The molecule has 2 aromatic carbocycles. The third-order valence-electron chi connectivity index (χ3n) is 4.75. The van der Waals surface area contributed by atoms with Gasteiger partial charge in [-0.15, -0.1) is 24.0 Å². The molecular formula is C19H21ClF3IN4. The van der Waals surface area contributed by atoms with Gasteiger partial charge in [0.15, 0.2) is 5.96 Å². The highest BCUT2D eigenvalue weighted by atomic mass is 127. The van der Waals surface area contributed by atoms with Crippen molar-refractivity contribution in [3.8, 4) is 0 Å². The lowest BCUT2D eigenvalue weighted by atomic mass is 9.94. The summed E-state index contributed by atoms with van der Waals surface area (Å²) in [5.41, 5.74) is 6.57. The summed E-state index contributed by atoms with van der Waals surface area (Å²) in [5.74, 6) is -1.55. The molecule has 3 rings (SSSR count). The van der Waals surface area contributed by atoms with Crippen LogP contribution in [0.1, 0.15) is 18.0 Å². The molecule has 0 radical (unpaired) electrons. The predicted molar refractivity (Wildman–Crippen MR) is 117 cm³/mol. The molecule has 1 aliphatic rings. The van der Waals surface area contributed by atoms with Crippen molar-refractivity contribution in [1.29, 1.82) is 0 Å². The first kappa shape index (κ1) is 22.8. The quantitative estimate of drug-likeness (QED) is 0.343. The van der Waals surface area contributed by atoms with Crippen molar-refractivity contribution in [2.45, 2.75) is 12.5 Å². The zero-order chi connectivity index (χ0) is 19.6. The number of halogens is 5. The molecule has 0 spiro atoms. The number of aliphatic imine (C=N–C) groups is 1. The number of guanidine groups is 1. The SMILES string of the molecule is CN1CCC(CN=C(N)Nc2cc(F)ccc2F)C1c1ccc(Cl)c(F)c1.I. The van der Waals surface area contributed by atoms with Crippen LogP contribution in [0.25, 0.3) is 0 Å². The number of likely N-dealkylation sites (tertiary alicyclic amines) is 1. The van der Waals surface area contributed by atoms with E-state index in [0.29, 0.717) is 6.54 Å². The predicted octanol–water partition coefficient (Wildman–Crippen LogP) is 4.79. The lowest BCUT2D eigenvalue weighted by molar-refractivity contribution is 0.279. The molecule has 1 aliphatic heterocycles. The maximum atomic E-state index is 13.8. The average Bonchev–Trinajstić information content (AvgIpc) is 2.99. The van der Waals surface area contributed by atoms with Gasteiger partial charge < -0.3 is 11.1 Å². The molecule has 1 saturated heterocycles. The molecule has 0 aliphatic carbocycles. The van der Waals surface area contributed by atoms with Gasteiger partial charge in [-0.25, -0.2) is 13.2 Å². The molecular weight excluding hydrogens is 504 g/mol. The molecule has 1 fully saturated rings. The van der Waals surface area contributed by atoms with Gasteiger partial charge in [-0.3, -0.25) is 9.89 Å². The number of hydrogen-bond donors (Lipinski definition) is 2. The van der Waals surface area contributed by atoms with E-state index in [1.807, 2.05) is 7.05 Å². The Balaban J connectivity index is 0.00000280. The van der Waals surface area contributed by atoms with Gasteiger partial charge in [-0.1, -0.05) is 17.7 Å². The number of nitrogens with two attached hydrogens (primary N) is 1. The lowest BCUT2D eigenvalue weighted by Gasteiger charge is -2.25. The molecule has 28 heavy (non-hydrogen) atoms. The van der Waals surface area contributed by atoms with E-state index in [0.717, 1.165) is 36.7 Å². The summed E-state index contributed by atoms with van der Waals surface area (Å²) in [6.45, 7) is 1.20. The molecule has 2 aromatic rings. The standard InChI is InChI=1S/C19H20ClF3N4.HI/c1-27-7-6-12(18(27)11-2-4-14(20)16(23)8-11)10-25-19(24)26-17-9-13(21)3-5-15(17)22;/h2-5,8-9,12,18H,6-7,10H2,1H3,(H3,24,25,26);1H. The monoisotopic (exact) mass is 524 g/mol. The molecule has 2 atom stereocenters. The van der Waals surface area contributed by atoms with E-state index in [2.05, 4.69) is 15.2 Å². The van der Waals surface area contributed by atoms with Crippen LogP contribution in [0.2, 0.25) is 5.02 Å². The number of nitrogens with one attached hydrogen (secondary N) is 1. The molecule has 2 unspecified atom stereocenters. The second-order valence-electron chi connectivity index (χ2n) is 6.62. The Bertz CT molecular complexity index is 865. The van der Waals surface area contributed by atoms with Crippen molar-refractivity contribution < 1.29 is 13.2 Å². The topological polar surface area (TPSA) is 53.6 Å². The van der Waals surface area contributed by atoms with Crippen molar-refractivity contribution in [2.24, 2.45) is 16.6 Å². The smallest absolute Gasteiger partial charge is 0.193 e. The number of hydrogen-bond acceptors (Lipinski definition) is 2. The zero-order valence-corrected chi connectivity index (χ0v) is 18.2. The number of anilines is 1. The lowest BCUT2D eigenvalue weighted by Crippen LogP contribution is -2.26. The minimum Gasteiger partial charge on any atom is -0.370 e. The van der Waals surface area contributed by atoms with Gasteiger partial charge in [-0.2, -0.15) is 0 Å². The summed E-state index contributed by atoms with van der Waals surface area (Å²) in [6.07, 6.45) is 0.858. The summed E-state index contributed by atoms with van der Waals surface area (Å²) >= 11 is 5.77. The van der Waals surface area contributed by atoms with Gasteiger partial charge >= 0.3 is 0 Å². The summed E-state index contributed by atoms with van der Waals surface area (Å²) in [6, 6.07) is 7.81. The van der Waals surface area contributed by atoms with E-state index in [-0.39, 0.29) is 52.6 Å². The largest absolute Gasteiger partial charge is 0.370 e. The van der Waals surface area contributed by atoms with Crippen LogP contribution >= 0.6 is 35.6 Å².